The van der Waals surface area contributed by atoms with E-state index in [-0.39, 0.29) is 0 Å². The third-order valence-electron chi connectivity index (χ3n) is 2.33. The van der Waals surface area contributed by atoms with Crippen LogP contribution in [0.25, 0.3) is 0 Å². The topological polar surface area (TPSA) is 25.2 Å². The number of hydrogen-bond donors (Lipinski definition) is 1. The second-order valence-corrected chi connectivity index (χ2v) is 4.83. The quantitative estimate of drug-likeness (QED) is 0.844. The molecule has 0 fully saturated rings. The lowest BCUT2D eigenvalue weighted by Crippen LogP contribution is -1.99. The summed E-state index contributed by atoms with van der Waals surface area (Å²) in [7, 11) is 0. The summed E-state index contributed by atoms with van der Waals surface area (Å²) in [6, 6.07) is 7.12. The Morgan fingerprint density at radius 3 is 2.53 bits per heavy atom. The Morgan fingerprint density at radius 1 is 1.12 bits per heavy atom. The van der Waals surface area contributed by atoms with Crippen LogP contribution in [-0.4, -0.2) is 0 Å². The highest BCUT2D eigenvalue weighted by Crippen LogP contribution is 2.29. The van der Waals surface area contributed by atoms with E-state index in [0.29, 0.717) is 21.8 Å². The molecule has 1 N–H and O–H groups in total. The molecular formula is C12H10Cl3NO. The van der Waals surface area contributed by atoms with Crippen LogP contribution in [0.4, 0.5) is 5.69 Å². The van der Waals surface area contributed by atoms with Crippen LogP contribution in [-0.2, 0) is 6.54 Å². The van der Waals surface area contributed by atoms with Gasteiger partial charge in [-0.15, -0.1) is 0 Å². The van der Waals surface area contributed by atoms with Gasteiger partial charge in [0.15, 0.2) is 5.22 Å². The molecule has 17 heavy (non-hydrogen) atoms. The van der Waals surface area contributed by atoms with Crippen molar-refractivity contribution < 1.29 is 4.42 Å². The minimum Gasteiger partial charge on any atom is -0.448 e. The first-order valence-electron chi connectivity index (χ1n) is 5.00. The lowest BCUT2D eigenvalue weighted by atomic mass is 10.2. The maximum Gasteiger partial charge on any atom is 0.193 e. The summed E-state index contributed by atoms with van der Waals surface area (Å²) < 4.78 is 5.23. The predicted molar refractivity (Wildman–Crippen MR) is 72.2 cm³/mol. The fourth-order valence-electron chi connectivity index (χ4n) is 1.41. The van der Waals surface area contributed by atoms with Gasteiger partial charge in [0, 0.05) is 5.02 Å². The van der Waals surface area contributed by atoms with Gasteiger partial charge >= 0.3 is 0 Å². The number of benzene rings is 1. The maximum absolute atomic E-state index is 6.10. The number of halogens is 3. The molecule has 0 saturated carbocycles. The summed E-state index contributed by atoms with van der Waals surface area (Å²) in [4.78, 5) is 0. The van der Waals surface area contributed by atoms with Crippen molar-refractivity contribution >= 4 is 40.5 Å². The van der Waals surface area contributed by atoms with Crippen molar-refractivity contribution in [3.63, 3.8) is 0 Å². The molecule has 0 atom stereocenters. The third kappa shape index (κ3) is 3.09. The van der Waals surface area contributed by atoms with E-state index in [4.69, 9.17) is 39.2 Å². The number of anilines is 1. The Hall–Kier alpha value is -0.830. The third-order valence-corrected chi connectivity index (χ3v) is 3.25. The Labute approximate surface area is 114 Å². The van der Waals surface area contributed by atoms with Gasteiger partial charge in [0.25, 0.3) is 0 Å². The molecule has 0 spiro atoms. The molecule has 0 bridgehead atoms. The normalized spacial score (nSPS) is 10.6. The number of hydrogen-bond acceptors (Lipinski definition) is 2. The van der Waals surface area contributed by atoms with Crippen molar-refractivity contribution in [1.82, 2.24) is 0 Å². The van der Waals surface area contributed by atoms with Gasteiger partial charge in [0.05, 0.1) is 17.3 Å². The molecule has 2 rings (SSSR count). The number of nitrogens with one attached hydrogen (secondary N) is 1. The van der Waals surface area contributed by atoms with E-state index < -0.39 is 0 Å². The SMILES string of the molecule is Cc1cc(Cl)c(NCc2ccc(Cl)o2)cc1Cl. The standard InChI is InChI=1S/C12H10Cl3NO/c1-7-4-10(14)11(5-9(7)13)16-6-8-2-3-12(15)17-8/h2-5,16H,6H2,1H3. The molecule has 0 aliphatic carbocycles. The van der Waals surface area contributed by atoms with Crippen molar-refractivity contribution in [2.24, 2.45) is 0 Å². The number of furan rings is 1. The summed E-state index contributed by atoms with van der Waals surface area (Å²) in [6.07, 6.45) is 0. The van der Waals surface area contributed by atoms with Gasteiger partial charge in [-0.05, 0) is 48.4 Å². The minimum absolute atomic E-state index is 0.370. The summed E-state index contributed by atoms with van der Waals surface area (Å²) in [5.74, 6) is 0.739. The number of rotatable bonds is 3. The molecular weight excluding hydrogens is 280 g/mol. The molecule has 0 unspecified atom stereocenters. The van der Waals surface area contributed by atoms with E-state index in [1.54, 1.807) is 18.2 Å². The molecule has 0 radical (unpaired) electrons. The first kappa shape index (κ1) is 12.6. The first-order valence-corrected chi connectivity index (χ1v) is 6.13. The molecule has 0 amide bonds. The highest BCUT2D eigenvalue weighted by Gasteiger charge is 2.05. The van der Waals surface area contributed by atoms with E-state index in [1.165, 1.54) is 0 Å². The van der Waals surface area contributed by atoms with Gasteiger partial charge in [-0.2, -0.15) is 0 Å². The van der Waals surface area contributed by atoms with Crippen LogP contribution in [0.3, 0.4) is 0 Å². The van der Waals surface area contributed by atoms with Crippen molar-refractivity contribution in [2.45, 2.75) is 13.5 Å². The van der Waals surface area contributed by atoms with Crippen LogP contribution < -0.4 is 5.32 Å². The Bertz CT molecular complexity index is 537. The summed E-state index contributed by atoms with van der Waals surface area (Å²) in [6.45, 7) is 2.41. The van der Waals surface area contributed by atoms with E-state index in [2.05, 4.69) is 5.32 Å². The van der Waals surface area contributed by atoms with Crippen molar-refractivity contribution in [2.75, 3.05) is 5.32 Å². The van der Waals surface area contributed by atoms with E-state index >= 15 is 0 Å². The Morgan fingerprint density at radius 2 is 1.88 bits per heavy atom. The van der Waals surface area contributed by atoms with Gasteiger partial charge in [0.2, 0.25) is 0 Å². The first-order chi connectivity index (χ1) is 8.06. The Kier molecular flexibility index (Phi) is 3.87. The molecule has 5 heteroatoms. The van der Waals surface area contributed by atoms with Crippen molar-refractivity contribution in [3.05, 3.63) is 50.9 Å². The maximum atomic E-state index is 6.10. The average molecular weight is 291 g/mol. The molecule has 90 valence electrons. The monoisotopic (exact) mass is 289 g/mol. The summed E-state index contributed by atoms with van der Waals surface area (Å²) in [5.41, 5.74) is 1.72. The van der Waals surface area contributed by atoms with Gasteiger partial charge in [-0.3, -0.25) is 0 Å². The zero-order chi connectivity index (χ0) is 12.4. The molecule has 0 aliphatic heterocycles. The lowest BCUT2D eigenvalue weighted by Gasteiger charge is -2.09. The summed E-state index contributed by atoms with van der Waals surface area (Å²) in [5, 5.41) is 4.82. The van der Waals surface area contributed by atoms with Crippen LogP contribution in [0.15, 0.2) is 28.7 Å². The van der Waals surface area contributed by atoms with E-state index in [1.807, 2.05) is 13.0 Å². The van der Waals surface area contributed by atoms with Crippen LogP contribution in [0.5, 0.6) is 0 Å². The van der Waals surface area contributed by atoms with E-state index in [0.717, 1.165) is 17.0 Å². The van der Waals surface area contributed by atoms with Crippen LogP contribution >= 0.6 is 34.8 Å². The van der Waals surface area contributed by atoms with E-state index in [9.17, 15) is 0 Å². The van der Waals surface area contributed by atoms with Crippen molar-refractivity contribution in [1.29, 1.82) is 0 Å². The predicted octanol–water partition coefficient (Wildman–Crippen LogP) is 5.16. The van der Waals surface area contributed by atoms with Crippen LogP contribution in [0, 0.1) is 6.92 Å². The smallest absolute Gasteiger partial charge is 0.193 e. The molecule has 1 aromatic carbocycles. The van der Waals surface area contributed by atoms with Crippen molar-refractivity contribution in [3.8, 4) is 0 Å². The molecule has 0 saturated heterocycles. The van der Waals surface area contributed by atoms with Gasteiger partial charge in [-0.1, -0.05) is 23.2 Å². The molecule has 1 heterocycles. The van der Waals surface area contributed by atoms with Gasteiger partial charge in [-0.25, -0.2) is 0 Å². The molecule has 1 aromatic heterocycles. The fourth-order valence-corrected chi connectivity index (χ4v) is 2.02. The Balaban J connectivity index is 2.11. The zero-order valence-corrected chi connectivity index (χ0v) is 11.3. The highest BCUT2D eigenvalue weighted by atomic mass is 35.5. The molecule has 2 aromatic rings. The molecule has 0 aliphatic rings. The van der Waals surface area contributed by atoms with Crippen LogP contribution in [0.2, 0.25) is 15.3 Å². The summed E-state index contributed by atoms with van der Waals surface area (Å²) >= 11 is 17.8. The fraction of sp³-hybridized carbons (Fsp3) is 0.167. The lowest BCUT2D eigenvalue weighted by molar-refractivity contribution is 0.520. The second kappa shape index (κ2) is 5.21. The molecule has 2 nitrogen and oxygen atoms in total. The largest absolute Gasteiger partial charge is 0.448 e. The highest BCUT2D eigenvalue weighted by molar-refractivity contribution is 6.35. The average Bonchev–Trinajstić information content (AvgIpc) is 2.68. The van der Waals surface area contributed by atoms with Gasteiger partial charge in [0.1, 0.15) is 5.76 Å². The minimum atomic E-state index is 0.370. The van der Waals surface area contributed by atoms with Gasteiger partial charge < -0.3 is 9.73 Å². The second-order valence-electron chi connectivity index (χ2n) is 3.64. The number of aryl methyl sites for hydroxylation is 1. The van der Waals surface area contributed by atoms with Crippen LogP contribution in [0.1, 0.15) is 11.3 Å². The zero-order valence-electron chi connectivity index (χ0n) is 9.06.